The average Bonchev–Trinajstić information content (AvgIpc) is 2.81. The zero-order valence-electron chi connectivity index (χ0n) is 16.8. The third kappa shape index (κ3) is 4.06. The number of benzene rings is 3. The second-order valence-electron chi connectivity index (χ2n) is 6.87. The lowest BCUT2D eigenvalue weighted by Crippen LogP contribution is -2.36. The van der Waals surface area contributed by atoms with Crippen LogP contribution < -0.4 is 16.5 Å². The second kappa shape index (κ2) is 8.62. The fraction of sp³-hybridized carbons (Fsp3) is 0.0833. The van der Waals surface area contributed by atoms with Crippen molar-refractivity contribution in [3.05, 3.63) is 116 Å². The number of amides is 1. The van der Waals surface area contributed by atoms with E-state index in [1.54, 1.807) is 19.1 Å². The van der Waals surface area contributed by atoms with E-state index in [9.17, 15) is 14.4 Å². The van der Waals surface area contributed by atoms with Crippen molar-refractivity contribution in [1.82, 2.24) is 15.0 Å². The van der Waals surface area contributed by atoms with Crippen molar-refractivity contribution >= 4 is 22.7 Å². The molecule has 0 aliphatic heterocycles. The number of carbonyl (C=O) groups is 1. The van der Waals surface area contributed by atoms with Crippen LogP contribution in [-0.4, -0.2) is 21.2 Å². The second-order valence-corrected chi connectivity index (χ2v) is 6.87. The highest BCUT2D eigenvalue weighted by atomic mass is 16.2. The number of nitrogens with zero attached hydrogens (tertiary/aromatic N) is 2. The number of hydrazone groups is 1. The summed E-state index contributed by atoms with van der Waals surface area (Å²) in [5, 5.41) is 4.38. The molecule has 0 spiro atoms. The van der Waals surface area contributed by atoms with Crippen LogP contribution in [0.15, 0.2) is 93.6 Å². The van der Waals surface area contributed by atoms with Gasteiger partial charge in [-0.15, -0.1) is 0 Å². The van der Waals surface area contributed by atoms with E-state index < -0.39 is 17.0 Å². The van der Waals surface area contributed by atoms with Gasteiger partial charge in [0, 0.05) is 23.2 Å². The minimum atomic E-state index is -0.722. The molecule has 0 saturated carbocycles. The molecule has 1 heterocycles. The van der Waals surface area contributed by atoms with Gasteiger partial charge >= 0.3 is 11.1 Å². The summed E-state index contributed by atoms with van der Waals surface area (Å²) in [5.41, 5.74) is 4.90. The third-order valence-corrected chi connectivity index (χ3v) is 4.92. The molecule has 7 nitrogen and oxygen atoms in total. The summed E-state index contributed by atoms with van der Waals surface area (Å²) < 4.78 is 1.37. The number of H-pyrrole nitrogens is 1. The molecule has 0 bridgehead atoms. The molecular weight excluding hydrogens is 392 g/mol. The van der Waals surface area contributed by atoms with Crippen LogP contribution >= 0.6 is 0 Å². The van der Waals surface area contributed by atoms with E-state index in [4.69, 9.17) is 0 Å². The van der Waals surface area contributed by atoms with Gasteiger partial charge in [-0.25, -0.2) is 5.43 Å². The number of nitrogens with one attached hydrogen (secondary N) is 2. The van der Waals surface area contributed by atoms with Gasteiger partial charge in [-0.3, -0.25) is 14.4 Å². The van der Waals surface area contributed by atoms with Crippen LogP contribution in [0.5, 0.6) is 0 Å². The largest absolute Gasteiger partial charge is 0.316 e. The molecule has 0 saturated heterocycles. The van der Waals surface area contributed by atoms with Crippen molar-refractivity contribution in [3.63, 3.8) is 0 Å². The maximum absolute atomic E-state index is 12.8. The van der Waals surface area contributed by atoms with Gasteiger partial charge in [0.25, 0.3) is 5.91 Å². The van der Waals surface area contributed by atoms with Gasteiger partial charge in [0.2, 0.25) is 0 Å². The first-order chi connectivity index (χ1) is 15.1. The average molecular weight is 412 g/mol. The minimum absolute atomic E-state index is 0.314. The summed E-state index contributed by atoms with van der Waals surface area (Å²) in [6.07, 6.45) is 0. The van der Waals surface area contributed by atoms with Gasteiger partial charge in [-0.1, -0.05) is 60.7 Å². The minimum Gasteiger partial charge on any atom is -0.316 e. The van der Waals surface area contributed by atoms with Crippen molar-refractivity contribution in [2.45, 2.75) is 13.5 Å². The van der Waals surface area contributed by atoms with Gasteiger partial charge in [0.15, 0.2) is 0 Å². The Hall–Kier alpha value is -4.26. The SMILES string of the molecule is CCn1c(=O)c(=O)[nH]c2cc(C(=O)NN=C(c3ccccc3)c3ccccc3)ccc21. The predicted molar refractivity (Wildman–Crippen MR) is 120 cm³/mol. The lowest BCUT2D eigenvalue weighted by molar-refractivity contribution is 0.0955. The predicted octanol–water partition coefficient (Wildman–Crippen LogP) is 2.89. The summed E-state index contributed by atoms with van der Waals surface area (Å²) in [4.78, 5) is 39.2. The molecule has 1 aromatic heterocycles. The van der Waals surface area contributed by atoms with Crippen LogP contribution in [0.2, 0.25) is 0 Å². The summed E-state index contributed by atoms with van der Waals surface area (Å²) in [5.74, 6) is -0.429. The highest BCUT2D eigenvalue weighted by Crippen LogP contribution is 2.13. The van der Waals surface area contributed by atoms with Crippen molar-refractivity contribution in [1.29, 1.82) is 0 Å². The first-order valence-electron chi connectivity index (χ1n) is 9.84. The van der Waals surface area contributed by atoms with Crippen molar-refractivity contribution in [2.75, 3.05) is 0 Å². The Bertz CT molecular complexity index is 1350. The Morgan fingerprint density at radius 2 is 1.52 bits per heavy atom. The van der Waals surface area contributed by atoms with Gasteiger partial charge in [0.05, 0.1) is 16.7 Å². The molecule has 0 aliphatic carbocycles. The molecule has 4 aromatic rings. The van der Waals surface area contributed by atoms with E-state index >= 15 is 0 Å². The Morgan fingerprint density at radius 3 is 2.10 bits per heavy atom. The van der Waals surface area contributed by atoms with Crippen LogP contribution in [0.25, 0.3) is 11.0 Å². The van der Waals surface area contributed by atoms with E-state index in [0.717, 1.165) is 11.1 Å². The van der Waals surface area contributed by atoms with Gasteiger partial charge in [0.1, 0.15) is 0 Å². The van der Waals surface area contributed by atoms with E-state index in [-0.39, 0.29) is 0 Å². The Morgan fingerprint density at radius 1 is 0.903 bits per heavy atom. The molecule has 31 heavy (non-hydrogen) atoms. The first kappa shape index (κ1) is 20.0. The number of aryl methyl sites for hydroxylation is 1. The first-order valence-corrected chi connectivity index (χ1v) is 9.84. The zero-order chi connectivity index (χ0) is 21.8. The monoisotopic (exact) mass is 412 g/mol. The number of hydrogen-bond acceptors (Lipinski definition) is 4. The Kier molecular flexibility index (Phi) is 5.57. The number of fused-ring (bicyclic) bond motifs is 1. The maximum atomic E-state index is 12.8. The number of rotatable bonds is 5. The fourth-order valence-corrected chi connectivity index (χ4v) is 3.39. The molecule has 2 N–H and O–H groups in total. The number of carbonyl (C=O) groups excluding carboxylic acids is 1. The van der Waals surface area contributed by atoms with Crippen LogP contribution in [0.1, 0.15) is 28.4 Å². The Balaban J connectivity index is 1.70. The molecule has 0 atom stereocenters. The summed E-state index contributed by atoms with van der Waals surface area (Å²) in [7, 11) is 0. The topological polar surface area (TPSA) is 96.3 Å². The smallest absolute Gasteiger partial charge is 0.316 e. The normalized spacial score (nSPS) is 10.6. The number of hydrogen-bond donors (Lipinski definition) is 2. The van der Waals surface area contributed by atoms with E-state index in [1.165, 1.54) is 10.6 Å². The van der Waals surface area contributed by atoms with E-state index in [0.29, 0.717) is 28.9 Å². The van der Waals surface area contributed by atoms with E-state index in [2.05, 4.69) is 15.5 Å². The molecule has 7 heteroatoms. The van der Waals surface area contributed by atoms with Crippen molar-refractivity contribution in [3.8, 4) is 0 Å². The highest BCUT2D eigenvalue weighted by molar-refractivity contribution is 6.13. The summed E-state index contributed by atoms with van der Waals surface area (Å²) in [6.45, 7) is 2.14. The molecule has 0 fully saturated rings. The molecule has 0 radical (unpaired) electrons. The van der Waals surface area contributed by atoms with Crippen molar-refractivity contribution < 1.29 is 4.79 Å². The summed E-state index contributed by atoms with van der Waals surface area (Å²) in [6, 6.07) is 23.9. The van der Waals surface area contributed by atoms with Gasteiger partial charge in [-0.2, -0.15) is 5.10 Å². The standard InChI is InChI=1S/C24H20N4O3/c1-2-28-20-14-13-18(15-19(20)25-23(30)24(28)31)22(29)27-26-21(16-9-5-3-6-10-16)17-11-7-4-8-12-17/h3-15H,2H2,1H3,(H,25,30)(H,27,29). The third-order valence-electron chi connectivity index (χ3n) is 4.92. The lowest BCUT2D eigenvalue weighted by atomic mass is 10.0. The van der Waals surface area contributed by atoms with Crippen LogP contribution in [0.4, 0.5) is 0 Å². The quantitative estimate of drug-likeness (QED) is 0.300. The molecule has 0 unspecified atom stereocenters. The molecular formula is C24H20N4O3. The summed E-state index contributed by atoms with van der Waals surface area (Å²) >= 11 is 0. The number of aromatic nitrogens is 2. The zero-order valence-corrected chi connectivity index (χ0v) is 16.8. The van der Waals surface area contributed by atoms with Crippen LogP contribution in [-0.2, 0) is 6.54 Å². The molecule has 3 aromatic carbocycles. The molecule has 1 amide bonds. The van der Waals surface area contributed by atoms with Crippen LogP contribution in [0.3, 0.4) is 0 Å². The Labute approximate surface area is 177 Å². The van der Waals surface area contributed by atoms with Crippen molar-refractivity contribution in [2.24, 2.45) is 5.10 Å². The lowest BCUT2D eigenvalue weighted by Gasteiger charge is -2.10. The molecule has 154 valence electrons. The maximum Gasteiger partial charge on any atom is 0.316 e. The molecule has 4 rings (SSSR count). The van der Waals surface area contributed by atoms with Gasteiger partial charge in [-0.05, 0) is 25.1 Å². The fourth-order valence-electron chi connectivity index (χ4n) is 3.39. The van der Waals surface area contributed by atoms with Gasteiger partial charge < -0.3 is 9.55 Å². The molecule has 0 aliphatic rings. The highest BCUT2D eigenvalue weighted by Gasteiger charge is 2.12. The van der Waals surface area contributed by atoms with Crippen LogP contribution in [0, 0.1) is 0 Å². The van der Waals surface area contributed by atoms with E-state index in [1.807, 2.05) is 60.7 Å². The number of aromatic amines is 1.